The molecule has 14 nitrogen and oxygen atoms in total. The first-order valence-electron chi connectivity index (χ1n) is 15.5. The van der Waals surface area contributed by atoms with E-state index in [-0.39, 0.29) is 47.7 Å². The standard InChI is InChI=1S/C33H35N9O5S/c1-18(2)27-31-40-28(20(4)47-31)30(45)36-19(3)32-38-23(17-48-32)29(44)37-22(13-21-9-6-5-7-10-21)15-41(16-26(43)39-27)33(46)24-14-34-25-11-8-12-35-42(24)25/h5-12,14,17-19,22,27H,13,15-16H2,1-4H3,(H,36,45)(H,37,44)(H,39,43)/t19-,22-,27+/m1/s1. The predicted molar refractivity (Wildman–Crippen MR) is 175 cm³/mol. The molecule has 3 atom stereocenters. The number of aryl methyl sites for hydroxylation is 1. The number of hydrogen-bond donors (Lipinski definition) is 3. The molecule has 248 valence electrons. The van der Waals surface area contributed by atoms with E-state index in [1.807, 2.05) is 44.2 Å². The normalized spacial score (nSPS) is 19.4. The van der Waals surface area contributed by atoms with Crippen LogP contribution in [0.5, 0.6) is 0 Å². The van der Waals surface area contributed by atoms with Crippen LogP contribution in [-0.2, 0) is 11.2 Å². The largest absolute Gasteiger partial charge is 0.443 e. The minimum Gasteiger partial charge on any atom is -0.443 e. The molecule has 15 heteroatoms. The topological polar surface area (TPSA) is 177 Å². The van der Waals surface area contributed by atoms with Gasteiger partial charge in [-0.25, -0.2) is 19.5 Å². The minimum atomic E-state index is -0.704. The fourth-order valence-corrected chi connectivity index (χ4v) is 6.33. The lowest BCUT2D eigenvalue weighted by atomic mass is 10.0. The Morgan fingerprint density at radius 2 is 1.83 bits per heavy atom. The zero-order valence-electron chi connectivity index (χ0n) is 26.8. The zero-order chi connectivity index (χ0) is 33.9. The lowest BCUT2D eigenvalue weighted by molar-refractivity contribution is -0.123. The molecule has 1 aliphatic heterocycles. The Kier molecular flexibility index (Phi) is 9.30. The van der Waals surface area contributed by atoms with Gasteiger partial charge in [-0.2, -0.15) is 5.10 Å². The highest BCUT2D eigenvalue weighted by Gasteiger charge is 2.31. The average Bonchev–Trinajstić information content (AvgIpc) is 3.82. The van der Waals surface area contributed by atoms with Crippen molar-refractivity contribution in [3.05, 3.63) is 99.5 Å². The van der Waals surface area contributed by atoms with Gasteiger partial charge >= 0.3 is 0 Å². The lowest BCUT2D eigenvalue weighted by Crippen LogP contribution is -2.50. The number of benzene rings is 1. The Morgan fingerprint density at radius 3 is 2.60 bits per heavy atom. The van der Waals surface area contributed by atoms with E-state index in [1.165, 1.54) is 26.9 Å². The second-order valence-electron chi connectivity index (χ2n) is 12.0. The van der Waals surface area contributed by atoms with Crippen molar-refractivity contribution in [2.75, 3.05) is 13.1 Å². The van der Waals surface area contributed by atoms with Crippen LogP contribution in [0, 0.1) is 12.8 Å². The number of nitrogens with one attached hydrogen (secondary N) is 3. The summed E-state index contributed by atoms with van der Waals surface area (Å²) in [5.41, 5.74) is 1.78. The number of nitrogens with zero attached hydrogens (tertiary/aromatic N) is 6. The summed E-state index contributed by atoms with van der Waals surface area (Å²) >= 11 is 1.24. The van der Waals surface area contributed by atoms with Crippen LogP contribution in [0.1, 0.15) is 86.5 Å². The van der Waals surface area contributed by atoms with Crippen molar-refractivity contribution in [1.29, 1.82) is 0 Å². The number of oxazole rings is 1. The van der Waals surface area contributed by atoms with Gasteiger partial charge in [0, 0.05) is 18.1 Å². The maximum atomic E-state index is 14.2. The van der Waals surface area contributed by atoms with E-state index in [4.69, 9.17) is 4.42 Å². The molecular weight excluding hydrogens is 634 g/mol. The average molecular weight is 670 g/mol. The first-order valence-corrected chi connectivity index (χ1v) is 16.4. The summed E-state index contributed by atoms with van der Waals surface area (Å²) in [6, 6.07) is 11.1. The fraction of sp³-hybridized carbons (Fsp3) is 0.333. The van der Waals surface area contributed by atoms with E-state index in [9.17, 15) is 19.2 Å². The van der Waals surface area contributed by atoms with Gasteiger partial charge in [0.05, 0.1) is 24.8 Å². The number of aromatic nitrogens is 5. The van der Waals surface area contributed by atoms with Gasteiger partial charge in [-0.15, -0.1) is 11.3 Å². The van der Waals surface area contributed by atoms with Crippen LogP contribution >= 0.6 is 11.3 Å². The Morgan fingerprint density at radius 1 is 1.04 bits per heavy atom. The van der Waals surface area contributed by atoms with Crippen molar-refractivity contribution in [3.63, 3.8) is 0 Å². The van der Waals surface area contributed by atoms with Crippen molar-refractivity contribution in [2.24, 2.45) is 5.92 Å². The van der Waals surface area contributed by atoms with Crippen LogP contribution in [0.4, 0.5) is 0 Å². The Balaban J connectivity index is 1.41. The molecule has 0 spiro atoms. The maximum Gasteiger partial charge on any atom is 0.274 e. The molecule has 0 unspecified atom stereocenters. The second kappa shape index (κ2) is 13.7. The van der Waals surface area contributed by atoms with E-state index in [1.54, 1.807) is 37.6 Å². The first kappa shape index (κ1) is 32.5. The third kappa shape index (κ3) is 6.95. The number of imidazole rings is 1. The van der Waals surface area contributed by atoms with E-state index >= 15 is 0 Å². The van der Waals surface area contributed by atoms with E-state index < -0.39 is 41.8 Å². The maximum absolute atomic E-state index is 14.2. The molecule has 1 aromatic carbocycles. The van der Waals surface area contributed by atoms with Gasteiger partial charge in [-0.1, -0.05) is 44.2 Å². The molecule has 5 heterocycles. The molecule has 48 heavy (non-hydrogen) atoms. The molecular formula is C33H35N9O5S. The van der Waals surface area contributed by atoms with Gasteiger partial charge in [-0.05, 0) is 43.9 Å². The molecule has 6 rings (SSSR count). The number of rotatable bonds is 4. The van der Waals surface area contributed by atoms with Crippen LogP contribution in [-0.4, -0.2) is 72.2 Å². The minimum absolute atomic E-state index is 0.0228. The van der Waals surface area contributed by atoms with Crippen molar-refractivity contribution in [1.82, 2.24) is 45.4 Å². The number of fused-ring (bicyclic) bond motifs is 5. The number of carbonyl (C=O) groups is 4. The summed E-state index contributed by atoms with van der Waals surface area (Å²) in [6.45, 7) is 6.77. The summed E-state index contributed by atoms with van der Waals surface area (Å²) in [5, 5.41) is 15.3. The van der Waals surface area contributed by atoms with Crippen LogP contribution in [0.3, 0.4) is 0 Å². The summed E-state index contributed by atoms with van der Waals surface area (Å²) in [5.74, 6) is -1.66. The summed E-state index contributed by atoms with van der Waals surface area (Å²) in [7, 11) is 0. The number of hydrogen-bond acceptors (Lipinski definition) is 10. The quantitative estimate of drug-likeness (QED) is 0.259. The van der Waals surface area contributed by atoms with E-state index in [0.717, 1.165) is 5.56 Å². The van der Waals surface area contributed by atoms with Gasteiger partial charge in [0.15, 0.2) is 17.0 Å². The highest BCUT2D eigenvalue weighted by molar-refractivity contribution is 7.09. The van der Waals surface area contributed by atoms with Crippen LogP contribution in [0.25, 0.3) is 5.65 Å². The van der Waals surface area contributed by atoms with E-state index in [2.05, 4.69) is 36.0 Å². The van der Waals surface area contributed by atoms with Crippen LogP contribution in [0.15, 0.2) is 64.7 Å². The lowest BCUT2D eigenvalue weighted by Gasteiger charge is -2.29. The smallest absolute Gasteiger partial charge is 0.274 e. The van der Waals surface area contributed by atoms with Crippen molar-refractivity contribution < 1.29 is 23.6 Å². The van der Waals surface area contributed by atoms with Crippen LogP contribution < -0.4 is 16.0 Å². The third-order valence-electron chi connectivity index (χ3n) is 7.97. The molecule has 4 aromatic heterocycles. The molecule has 0 aliphatic carbocycles. The summed E-state index contributed by atoms with van der Waals surface area (Å²) in [6.07, 6.45) is 3.31. The predicted octanol–water partition coefficient (Wildman–Crippen LogP) is 3.28. The number of carbonyl (C=O) groups excluding carboxylic acids is 4. The molecule has 4 bridgehead atoms. The van der Waals surface area contributed by atoms with Gasteiger partial charge < -0.3 is 25.3 Å². The first-order chi connectivity index (χ1) is 23.1. The fourth-order valence-electron chi connectivity index (χ4n) is 5.53. The van der Waals surface area contributed by atoms with Gasteiger partial charge in [0.2, 0.25) is 11.8 Å². The van der Waals surface area contributed by atoms with Gasteiger partial charge in [-0.3, -0.25) is 19.2 Å². The molecule has 0 radical (unpaired) electrons. The molecule has 3 N–H and O–H groups in total. The van der Waals surface area contributed by atoms with Crippen molar-refractivity contribution in [2.45, 2.75) is 52.2 Å². The van der Waals surface area contributed by atoms with Gasteiger partial charge in [0.25, 0.3) is 17.7 Å². The van der Waals surface area contributed by atoms with Crippen molar-refractivity contribution >= 4 is 40.6 Å². The highest BCUT2D eigenvalue weighted by atomic mass is 32.1. The highest BCUT2D eigenvalue weighted by Crippen LogP contribution is 2.25. The Labute approximate surface area is 280 Å². The SMILES string of the molecule is Cc1oc2nc1C(=O)N[C@H](C)c1nc(cs1)C(=O)N[C@H](Cc1ccccc1)CN(C(=O)c1cnc3cccnn13)CC(=O)N[C@H]2C(C)C. The van der Waals surface area contributed by atoms with Crippen LogP contribution in [0.2, 0.25) is 0 Å². The number of thiazole rings is 1. The molecule has 1 aliphatic rings. The summed E-state index contributed by atoms with van der Waals surface area (Å²) in [4.78, 5) is 69.5. The molecule has 5 aromatic rings. The molecule has 4 amide bonds. The summed E-state index contributed by atoms with van der Waals surface area (Å²) < 4.78 is 7.32. The molecule has 0 saturated heterocycles. The Bertz CT molecular complexity index is 1970. The van der Waals surface area contributed by atoms with Gasteiger partial charge in [0.1, 0.15) is 22.5 Å². The van der Waals surface area contributed by atoms with Crippen molar-refractivity contribution in [3.8, 4) is 0 Å². The van der Waals surface area contributed by atoms with E-state index in [0.29, 0.717) is 17.1 Å². The number of amides is 4. The third-order valence-corrected chi connectivity index (χ3v) is 9.00. The monoisotopic (exact) mass is 669 g/mol. The molecule has 0 fully saturated rings. The Hall–Kier alpha value is -5.44. The zero-order valence-corrected chi connectivity index (χ0v) is 27.7. The molecule has 0 saturated carbocycles. The second-order valence-corrected chi connectivity index (χ2v) is 12.9.